The molecule has 0 bridgehead atoms. The smallest absolute Gasteiger partial charge is 0.331 e. The van der Waals surface area contributed by atoms with Crippen molar-refractivity contribution in [1.82, 2.24) is 9.78 Å². The van der Waals surface area contributed by atoms with Gasteiger partial charge in [0.2, 0.25) is 0 Å². The van der Waals surface area contributed by atoms with Gasteiger partial charge in [0, 0.05) is 29.6 Å². The standard InChI is InChI=1S/C25H25N3O3/c1-18-14-22-10-6-7-11-23(22)28(18)25(30)19(2)31-24(29)13-12-21-15-26-27(17-21)16-20-8-4-3-5-9-20/h3-13,15,17-19H,14,16H2,1-2H3/b13-12+/t18-,19-/m1/s1. The van der Waals surface area contributed by atoms with Gasteiger partial charge in [-0.2, -0.15) is 5.10 Å². The molecule has 0 unspecified atom stereocenters. The third-order valence-electron chi connectivity index (χ3n) is 5.34. The summed E-state index contributed by atoms with van der Waals surface area (Å²) in [4.78, 5) is 26.9. The Bertz CT molecular complexity index is 1100. The summed E-state index contributed by atoms with van der Waals surface area (Å²) in [6, 6.07) is 17.9. The van der Waals surface area contributed by atoms with Crippen LogP contribution in [0.4, 0.5) is 5.69 Å². The average Bonchev–Trinajstić information content (AvgIpc) is 3.35. The maximum atomic E-state index is 12.9. The van der Waals surface area contributed by atoms with E-state index in [0.717, 1.165) is 28.8 Å². The van der Waals surface area contributed by atoms with E-state index in [9.17, 15) is 9.59 Å². The van der Waals surface area contributed by atoms with E-state index in [1.807, 2.05) is 67.7 Å². The number of carbonyl (C=O) groups excluding carboxylic acids is 2. The molecule has 0 spiro atoms. The van der Waals surface area contributed by atoms with Crippen LogP contribution in [0.15, 0.2) is 73.1 Å². The number of aromatic nitrogens is 2. The molecule has 1 aliphatic rings. The Morgan fingerprint density at radius 3 is 2.71 bits per heavy atom. The summed E-state index contributed by atoms with van der Waals surface area (Å²) in [5.41, 5.74) is 3.96. The van der Waals surface area contributed by atoms with Gasteiger partial charge in [0.25, 0.3) is 5.91 Å². The van der Waals surface area contributed by atoms with Crippen molar-refractivity contribution >= 4 is 23.6 Å². The van der Waals surface area contributed by atoms with Crippen LogP contribution >= 0.6 is 0 Å². The number of amides is 1. The van der Waals surface area contributed by atoms with Crippen LogP contribution in [-0.2, 0) is 27.3 Å². The van der Waals surface area contributed by atoms with E-state index in [2.05, 4.69) is 5.10 Å². The van der Waals surface area contributed by atoms with Gasteiger partial charge in [-0.25, -0.2) is 4.79 Å². The van der Waals surface area contributed by atoms with E-state index in [4.69, 9.17) is 4.74 Å². The van der Waals surface area contributed by atoms with Gasteiger partial charge in [-0.05, 0) is 43.5 Å². The minimum absolute atomic E-state index is 0.0389. The Morgan fingerprint density at radius 1 is 1.16 bits per heavy atom. The van der Waals surface area contributed by atoms with Gasteiger partial charge in [0.15, 0.2) is 6.10 Å². The first-order chi connectivity index (χ1) is 15.0. The molecular formula is C25H25N3O3. The largest absolute Gasteiger partial charge is 0.449 e. The summed E-state index contributed by atoms with van der Waals surface area (Å²) in [5.74, 6) is -0.772. The molecule has 6 heteroatoms. The van der Waals surface area contributed by atoms with Crippen molar-refractivity contribution in [2.45, 2.75) is 39.0 Å². The van der Waals surface area contributed by atoms with E-state index in [-0.39, 0.29) is 11.9 Å². The number of para-hydroxylation sites is 1. The molecule has 158 valence electrons. The monoisotopic (exact) mass is 415 g/mol. The minimum Gasteiger partial charge on any atom is -0.449 e. The molecule has 1 aromatic heterocycles. The topological polar surface area (TPSA) is 64.4 Å². The van der Waals surface area contributed by atoms with Crippen LogP contribution in [0.2, 0.25) is 0 Å². The number of hydrogen-bond acceptors (Lipinski definition) is 4. The fourth-order valence-corrected chi connectivity index (χ4v) is 3.85. The fraction of sp³-hybridized carbons (Fsp3) is 0.240. The average molecular weight is 415 g/mol. The van der Waals surface area contributed by atoms with Crippen LogP contribution in [0.1, 0.15) is 30.5 Å². The van der Waals surface area contributed by atoms with Gasteiger partial charge >= 0.3 is 5.97 Å². The van der Waals surface area contributed by atoms with Crippen molar-refractivity contribution in [1.29, 1.82) is 0 Å². The molecule has 0 aliphatic carbocycles. The molecule has 0 N–H and O–H groups in total. The highest BCUT2D eigenvalue weighted by atomic mass is 16.5. The molecule has 0 fully saturated rings. The molecule has 0 saturated heterocycles. The molecule has 1 amide bonds. The quantitative estimate of drug-likeness (QED) is 0.453. The Hall–Kier alpha value is -3.67. The van der Waals surface area contributed by atoms with Crippen LogP contribution in [0.25, 0.3) is 6.08 Å². The fourth-order valence-electron chi connectivity index (χ4n) is 3.85. The summed E-state index contributed by atoms with van der Waals surface area (Å²) >= 11 is 0. The first-order valence-electron chi connectivity index (χ1n) is 10.4. The van der Waals surface area contributed by atoms with E-state index in [0.29, 0.717) is 6.54 Å². The lowest BCUT2D eigenvalue weighted by Gasteiger charge is -2.25. The van der Waals surface area contributed by atoms with Crippen molar-refractivity contribution in [3.63, 3.8) is 0 Å². The molecule has 2 aromatic carbocycles. The zero-order valence-electron chi connectivity index (χ0n) is 17.6. The lowest BCUT2D eigenvalue weighted by molar-refractivity contribution is -0.149. The number of rotatable bonds is 6. The van der Waals surface area contributed by atoms with E-state index < -0.39 is 12.1 Å². The van der Waals surface area contributed by atoms with Crippen molar-refractivity contribution in [3.05, 3.63) is 89.8 Å². The van der Waals surface area contributed by atoms with E-state index >= 15 is 0 Å². The second-order valence-corrected chi connectivity index (χ2v) is 7.76. The highest BCUT2D eigenvalue weighted by Crippen LogP contribution is 2.32. The first kappa shape index (κ1) is 20.6. The normalized spacial score (nSPS) is 16.3. The number of nitrogens with zero attached hydrogens (tertiary/aromatic N) is 3. The number of carbonyl (C=O) groups is 2. The third-order valence-corrected chi connectivity index (χ3v) is 5.34. The first-order valence-corrected chi connectivity index (χ1v) is 10.4. The SMILES string of the molecule is C[C@@H]1Cc2ccccc2N1C(=O)[C@@H](C)OC(=O)/C=C/c1cnn(Cc2ccccc2)c1. The second-order valence-electron chi connectivity index (χ2n) is 7.76. The maximum absolute atomic E-state index is 12.9. The Labute approximate surface area is 181 Å². The molecule has 2 atom stereocenters. The molecule has 6 nitrogen and oxygen atoms in total. The number of hydrogen-bond donors (Lipinski definition) is 0. The molecule has 31 heavy (non-hydrogen) atoms. The number of benzene rings is 2. The predicted octanol–water partition coefficient (Wildman–Crippen LogP) is 3.85. The molecule has 3 aromatic rings. The van der Waals surface area contributed by atoms with E-state index in [1.54, 1.807) is 28.8 Å². The molecule has 0 saturated carbocycles. The second kappa shape index (κ2) is 9.00. The molecular weight excluding hydrogens is 390 g/mol. The minimum atomic E-state index is -0.869. The number of esters is 1. The van der Waals surface area contributed by atoms with Gasteiger partial charge in [0.05, 0.1) is 12.7 Å². The lowest BCUT2D eigenvalue weighted by Crippen LogP contribution is -2.43. The number of fused-ring (bicyclic) bond motifs is 1. The van der Waals surface area contributed by atoms with Gasteiger partial charge in [0.1, 0.15) is 0 Å². The predicted molar refractivity (Wildman–Crippen MR) is 119 cm³/mol. The third kappa shape index (κ3) is 4.74. The van der Waals surface area contributed by atoms with Crippen LogP contribution in [0.5, 0.6) is 0 Å². The summed E-state index contributed by atoms with van der Waals surface area (Å²) < 4.78 is 7.17. The zero-order valence-corrected chi connectivity index (χ0v) is 17.6. The zero-order chi connectivity index (χ0) is 21.8. The van der Waals surface area contributed by atoms with Crippen molar-refractivity contribution in [3.8, 4) is 0 Å². The Kier molecular flexibility index (Phi) is 5.98. The van der Waals surface area contributed by atoms with Crippen molar-refractivity contribution in [2.24, 2.45) is 0 Å². The number of anilines is 1. The molecule has 4 rings (SSSR count). The maximum Gasteiger partial charge on any atom is 0.331 e. The summed E-state index contributed by atoms with van der Waals surface area (Å²) in [6.07, 6.45) is 6.44. The lowest BCUT2D eigenvalue weighted by atomic mass is 10.1. The summed E-state index contributed by atoms with van der Waals surface area (Å²) in [7, 11) is 0. The number of ether oxygens (including phenoxy) is 1. The molecule has 1 aliphatic heterocycles. The van der Waals surface area contributed by atoms with Crippen LogP contribution in [-0.4, -0.2) is 33.8 Å². The van der Waals surface area contributed by atoms with Gasteiger partial charge in [-0.1, -0.05) is 48.5 Å². The highest BCUT2D eigenvalue weighted by Gasteiger charge is 2.34. The van der Waals surface area contributed by atoms with E-state index in [1.165, 1.54) is 6.08 Å². The van der Waals surface area contributed by atoms with Gasteiger partial charge in [-0.3, -0.25) is 9.48 Å². The Morgan fingerprint density at radius 2 is 1.90 bits per heavy atom. The highest BCUT2D eigenvalue weighted by molar-refractivity contribution is 6.00. The Balaban J connectivity index is 1.34. The van der Waals surface area contributed by atoms with Crippen LogP contribution in [0.3, 0.4) is 0 Å². The van der Waals surface area contributed by atoms with Crippen molar-refractivity contribution in [2.75, 3.05) is 4.90 Å². The van der Waals surface area contributed by atoms with Gasteiger partial charge < -0.3 is 9.64 Å². The summed E-state index contributed by atoms with van der Waals surface area (Å²) in [6.45, 7) is 4.26. The van der Waals surface area contributed by atoms with Crippen molar-refractivity contribution < 1.29 is 14.3 Å². The van der Waals surface area contributed by atoms with Crippen LogP contribution < -0.4 is 4.90 Å². The summed E-state index contributed by atoms with van der Waals surface area (Å²) in [5, 5.41) is 4.31. The van der Waals surface area contributed by atoms with Crippen LogP contribution in [0, 0.1) is 0 Å². The molecule has 0 radical (unpaired) electrons. The van der Waals surface area contributed by atoms with Gasteiger partial charge in [-0.15, -0.1) is 0 Å². The molecule has 2 heterocycles.